The molecule has 2 rings (SSSR count). The Labute approximate surface area is 108 Å². The predicted octanol–water partition coefficient (Wildman–Crippen LogP) is 1.83. The van der Waals surface area contributed by atoms with Gasteiger partial charge in [-0.05, 0) is 43.5 Å². The van der Waals surface area contributed by atoms with E-state index < -0.39 is 0 Å². The Morgan fingerprint density at radius 3 is 2.44 bits per heavy atom. The number of rotatable bonds is 2. The molecule has 0 saturated carbocycles. The molecular weight excluding hydrogens is 228 g/mol. The van der Waals surface area contributed by atoms with Gasteiger partial charge in [-0.2, -0.15) is 0 Å². The third kappa shape index (κ3) is 2.76. The number of phenols is 2. The first kappa shape index (κ1) is 13.2. The number of aromatic hydroxyl groups is 2. The van der Waals surface area contributed by atoms with Gasteiger partial charge in [-0.15, -0.1) is 0 Å². The van der Waals surface area contributed by atoms with Crippen LogP contribution < -0.4 is 5.73 Å². The van der Waals surface area contributed by atoms with Gasteiger partial charge in [-0.3, -0.25) is 4.90 Å². The first-order valence-corrected chi connectivity index (χ1v) is 6.50. The van der Waals surface area contributed by atoms with E-state index in [9.17, 15) is 10.2 Å². The van der Waals surface area contributed by atoms with Gasteiger partial charge in [0.2, 0.25) is 0 Å². The zero-order valence-corrected chi connectivity index (χ0v) is 11.0. The third-order valence-electron chi connectivity index (χ3n) is 4.00. The Morgan fingerprint density at radius 1 is 1.28 bits per heavy atom. The summed E-state index contributed by atoms with van der Waals surface area (Å²) in [6.07, 6.45) is 1.09. The van der Waals surface area contributed by atoms with Crippen LogP contribution in [0.15, 0.2) is 18.2 Å². The lowest BCUT2D eigenvalue weighted by Crippen LogP contribution is -2.48. The van der Waals surface area contributed by atoms with E-state index in [-0.39, 0.29) is 23.6 Å². The van der Waals surface area contributed by atoms with Crippen molar-refractivity contribution in [1.29, 1.82) is 0 Å². The highest BCUT2D eigenvalue weighted by molar-refractivity contribution is 5.38. The van der Waals surface area contributed by atoms with E-state index in [2.05, 4.69) is 18.7 Å². The SMILES string of the molecule is CC1CCN(C(C)c2cc(O)cc(O)c2)CC1N. The van der Waals surface area contributed by atoms with Gasteiger partial charge in [0.25, 0.3) is 0 Å². The lowest BCUT2D eigenvalue weighted by Gasteiger charge is -2.38. The summed E-state index contributed by atoms with van der Waals surface area (Å²) in [5.74, 6) is 0.768. The number of piperidine rings is 1. The van der Waals surface area contributed by atoms with E-state index in [0.29, 0.717) is 5.92 Å². The van der Waals surface area contributed by atoms with Crippen LogP contribution >= 0.6 is 0 Å². The molecule has 1 aliphatic heterocycles. The molecule has 4 nitrogen and oxygen atoms in total. The van der Waals surface area contributed by atoms with E-state index in [1.54, 1.807) is 12.1 Å². The molecule has 18 heavy (non-hydrogen) atoms. The van der Waals surface area contributed by atoms with Gasteiger partial charge in [0.15, 0.2) is 0 Å². The van der Waals surface area contributed by atoms with Crippen LogP contribution in [0.3, 0.4) is 0 Å². The monoisotopic (exact) mass is 250 g/mol. The maximum atomic E-state index is 9.53. The second-order valence-corrected chi connectivity index (χ2v) is 5.38. The predicted molar refractivity (Wildman–Crippen MR) is 71.5 cm³/mol. The van der Waals surface area contributed by atoms with E-state index in [1.807, 2.05) is 0 Å². The lowest BCUT2D eigenvalue weighted by atomic mass is 9.92. The number of likely N-dealkylation sites (tertiary alicyclic amines) is 1. The van der Waals surface area contributed by atoms with Crippen LogP contribution in [0, 0.1) is 5.92 Å². The number of nitrogens with zero attached hydrogens (tertiary/aromatic N) is 1. The molecule has 4 heteroatoms. The average Bonchev–Trinajstić information content (AvgIpc) is 2.30. The summed E-state index contributed by atoms with van der Waals surface area (Å²) in [4.78, 5) is 2.30. The third-order valence-corrected chi connectivity index (χ3v) is 4.00. The van der Waals surface area contributed by atoms with Crippen LogP contribution in [-0.4, -0.2) is 34.2 Å². The highest BCUT2D eigenvalue weighted by Crippen LogP contribution is 2.30. The van der Waals surface area contributed by atoms with E-state index >= 15 is 0 Å². The molecule has 1 heterocycles. The van der Waals surface area contributed by atoms with Crippen molar-refractivity contribution in [3.63, 3.8) is 0 Å². The fourth-order valence-corrected chi connectivity index (χ4v) is 2.55. The molecule has 100 valence electrons. The average molecular weight is 250 g/mol. The van der Waals surface area contributed by atoms with Crippen LogP contribution in [0.4, 0.5) is 0 Å². The Hall–Kier alpha value is -1.26. The summed E-state index contributed by atoms with van der Waals surface area (Å²) in [6.45, 7) is 6.13. The van der Waals surface area contributed by atoms with Crippen molar-refractivity contribution in [3.8, 4) is 11.5 Å². The second-order valence-electron chi connectivity index (χ2n) is 5.38. The first-order chi connectivity index (χ1) is 8.47. The highest BCUT2D eigenvalue weighted by atomic mass is 16.3. The van der Waals surface area contributed by atoms with E-state index in [4.69, 9.17) is 5.73 Å². The van der Waals surface area contributed by atoms with Crippen molar-refractivity contribution in [2.45, 2.75) is 32.4 Å². The van der Waals surface area contributed by atoms with Crippen molar-refractivity contribution in [1.82, 2.24) is 4.90 Å². The standard InChI is InChI=1S/C14H22N2O2/c1-9-3-4-16(8-14(9)15)10(2)11-5-12(17)7-13(18)6-11/h5-7,9-10,14,17-18H,3-4,8,15H2,1-2H3. The molecule has 1 saturated heterocycles. The molecule has 0 spiro atoms. The highest BCUT2D eigenvalue weighted by Gasteiger charge is 2.27. The maximum absolute atomic E-state index is 9.53. The van der Waals surface area contributed by atoms with Crippen molar-refractivity contribution >= 4 is 0 Å². The molecule has 4 N–H and O–H groups in total. The van der Waals surface area contributed by atoms with Crippen LogP contribution in [0.1, 0.15) is 31.9 Å². The Morgan fingerprint density at radius 2 is 1.89 bits per heavy atom. The van der Waals surface area contributed by atoms with Gasteiger partial charge >= 0.3 is 0 Å². The molecular formula is C14H22N2O2. The molecule has 0 aliphatic carbocycles. The summed E-state index contributed by atoms with van der Waals surface area (Å²) in [5, 5.41) is 19.1. The molecule has 0 amide bonds. The molecule has 0 bridgehead atoms. The lowest BCUT2D eigenvalue weighted by molar-refractivity contribution is 0.128. The Balaban J connectivity index is 2.13. The van der Waals surface area contributed by atoms with E-state index in [1.165, 1.54) is 6.07 Å². The molecule has 0 aromatic heterocycles. The first-order valence-electron chi connectivity index (χ1n) is 6.50. The molecule has 1 aliphatic rings. The quantitative estimate of drug-likeness (QED) is 0.749. The van der Waals surface area contributed by atoms with Gasteiger partial charge < -0.3 is 15.9 Å². The largest absolute Gasteiger partial charge is 0.508 e. The number of hydrogen-bond donors (Lipinski definition) is 3. The zero-order valence-electron chi connectivity index (χ0n) is 11.0. The van der Waals surface area contributed by atoms with Crippen molar-refractivity contribution in [3.05, 3.63) is 23.8 Å². The minimum absolute atomic E-state index is 0.103. The second kappa shape index (κ2) is 5.16. The van der Waals surface area contributed by atoms with Gasteiger partial charge in [0, 0.05) is 24.7 Å². The topological polar surface area (TPSA) is 69.7 Å². The summed E-state index contributed by atoms with van der Waals surface area (Å²) in [5.41, 5.74) is 7.03. The molecule has 3 atom stereocenters. The van der Waals surface area contributed by atoms with E-state index in [0.717, 1.165) is 25.1 Å². The van der Waals surface area contributed by atoms with Gasteiger partial charge in [0.05, 0.1) is 0 Å². The summed E-state index contributed by atoms with van der Waals surface area (Å²) in [6, 6.07) is 5.11. The fourth-order valence-electron chi connectivity index (χ4n) is 2.55. The molecule has 1 aromatic rings. The minimum Gasteiger partial charge on any atom is -0.508 e. The summed E-state index contributed by atoms with van der Waals surface area (Å²) < 4.78 is 0. The maximum Gasteiger partial charge on any atom is 0.119 e. The normalized spacial score (nSPS) is 27.1. The number of phenolic OH excluding ortho intramolecular Hbond substituents is 2. The minimum atomic E-state index is 0.103. The Bertz CT molecular complexity index is 402. The molecule has 3 unspecified atom stereocenters. The molecule has 1 aromatic carbocycles. The Kier molecular flexibility index (Phi) is 3.78. The number of nitrogens with two attached hydrogens (primary N) is 1. The fraction of sp³-hybridized carbons (Fsp3) is 0.571. The van der Waals surface area contributed by atoms with Gasteiger partial charge in [-0.1, -0.05) is 6.92 Å². The smallest absolute Gasteiger partial charge is 0.119 e. The van der Waals surface area contributed by atoms with Crippen molar-refractivity contribution < 1.29 is 10.2 Å². The van der Waals surface area contributed by atoms with Gasteiger partial charge in [-0.25, -0.2) is 0 Å². The molecule has 1 fully saturated rings. The van der Waals surface area contributed by atoms with Gasteiger partial charge in [0.1, 0.15) is 11.5 Å². The van der Waals surface area contributed by atoms with Crippen LogP contribution in [-0.2, 0) is 0 Å². The number of hydrogen-bond acceptors (Lipinski definition) is 4. The summed E-state index contributed by atoms with van der Waals surface area (Å²) >= 11 is 0. The van der Waals surface area contributed by atoms with Crippen molar-refractivity contribution in [2.75, 3.05) is 13.1 Å². The summed E-state index contributed by atoms with van der Waals surface area (Å²) in [7, 11) is 0. The number of benzene rings is 1. The van der Waals surface area contributed by atoms with Crippen LogP contribution in [0.25, 0.3) is 0 Å². The molecule has 0 radical (unpaired) electrons. The van der Waals surface area contributed by atoms with Crippen molar-refractivity contribution in [2.24, 2.45) is 11.7 Å². The van der Waals surface area contributed by atoms with Crippen LogP contribution in [0.2, 0.25) is 0 Å². The zero-order chi connectivity index (χ0) is 13.3. The van der Waals surface area contributed by atoms with Crippen LogP contribution in [0.5, 0.6) is 11.5 Å².